The van der Waals surface area contributed by atoms with Crippen molar-refractivity contribution >= 4 is 28.6 Å². The summed E-state index contributed by atoms with van der Waals surface area (Å²) < 4.78 is 31.4. The number of carbonyl (C=O) groups is 2. The number of nitrogens with zero attached hydrogens (tertiary/aromatic N) is 2. The van der Waals surface area contributed by atoms with Crippen LogP contribution in [0.2, 0.25) is 0 Å². The van der Waals surface area contributed by atoms with E-state index >= 15 is 0 Å². The number of benzene rings is 1. The van der Waals surface area contributed by atoms with Crippen molar-refractivity contribution < 1.29 is 28.2 Å². The van der Waals surface area contributed by atoms with Gasteiger partial charge in [-0.05, 0) is 31.0 Å². The average molecular weight is 377 g/mol. The number of ether oxygens (including phenoxy) is 1. The molecule has 142 valence electrons. The summed E-state index contributed by atoms with van der Waals surface area (Å²) in [7, 11) is 0. The molecular weight excluding hydrogens is 360 g/mol. The molecule has 1 aliphatic rings. The van der Waals surface area contributed by atoms with Crippen LogP contribution in [0.25, 0.3) is 10.9 Å². The Morgan fingerprint density at radius 1 is 1.41 bits per heavy atom. The maximum Gasteiger partial charge on any atom is 0.341 e. The largest absolute Gasteiger partial charge is 0.477 e. The summed E-state index contributed by atoms with van der Waals surface area (Å²) >= 11 is 0. The van der Waals surface area contributed by atoms with E-state index in [9.17, 15) is 23.5 Å². The third kappa shape index (κ3) is 2.98. The normalized spacial score (nSPS) is 19.3. The first-order valence-electron chi connectivity index (χ1n) is 8.16. The summed E-state index contributed by atoms with van der Waals surface area (Å²) in [5, 5.41) is 12.2. The first kappa shape index (κ1) is 18.7. The molecule has 3 rings (SSSR count). The second-order valence-electron chi connectivity index (χ2n) is 6.60. The molecule has 2 aromatic rings. The smallest absolute Gasteiger partial charge is 0.341 e. The van der Waals surface area contributed by atoms with Crippen molar-refractivity contribution in [2.75, 3.05) is 6.86 Å². The Morgan fingerprint density at radius 3 is 2.67 bits per heavy atom. The number of hydrogen-bond donors (Lipinski definition) is 2. The van der Waals surface area contributed by atoms with E-state index in [2.05, 4.69) is 15.3 Å². The van der Waals surface area contributed by atoms with E-state index in [0.717, 1.165) is 12.1 Å². The molecule has 0 saturated carbocycles. The third-order valence-corrected chi connectivity index (χ3v) is 4.70. The standard InChI is InChI=1S/C18H17F2N3O4/c1-8(2)18(3)17(26)22-15(23-18)13-12(16(24)25)14(27-7-19)10-6-9(20)4-5-11(10)21-13/h4-6,8H,7H2,1-3H3,(H,24,25)(H,22,23,26). The van der Waals surface area contributed by atoms with E-state index in [1.165, 1.54) is 6.07 Å². The van der Waals surface area contributed by atoms with E-state index in [1.807, 2.05) is 0 Å². The fourth-order valence-electron chi connectivity index (χ4n) is 2.83. The molecule has 0 saturated heterocycles. The molecule has 9 heteroatoms. The van der Waals surface area contributed by atoms with Crippen LogP contribution >= 0.6 is 0 Å². The van der Waals surface area contributed by atoms with E-state index in [0.29, 0.717) is 0 Å². The van der Waals surface area contributed by atoms with E-state index in [-0.39, 0.29) is 34.1 Å². The number of aliphatic imine (C=N–C) groups is 1. The van der Waals surface area contributed by atoms with E-state index < -0.39 is 35.7 Å². The Hall–Kier alpha value is -3.10. The maximum atomic E-state index is 13.6. The summed E-state index contributed by atoms with van der Waals surface area (Å²) in [6.45, 7) is 3.91. The quantitative estimate of drug-likeness (QED) is 0.834. The second-order valence-corrected chi connectivity index (χ2v) is 6.60. The number of nitrogens with one attached hydrogen (secondary N) is 1. The lowest BCUT2D eigenvalue weighted by atomic mass is 9.89. The zero-order chi connectivity index (χ0) is 19.9. The second kappa shape index (κ2) is 6.57. The summed E-state index contributed by atoms with van der Waals surface area (Å²) in [4.78, 5) is 32.8. The van der Waals surface area contributed by atoms with Crippen LogP contribution in [0.4, 0.5) is 8.78 Å². The van der Waals surface area contributed by atoms with Crippen LogP contribution in [0, 0.1) is 11.7 Å². The number of carbonyl (C=O) groups excluding carboxylic acids is 1. The Labute approximate surface area is 153 Å². The van der Waals surface area contributed by atoms with Crippen LogP contribution in [-0.4, -0.2) is 40.2 Å². The van der Waals surface area contributed by atoms with Gasteiger partial charge in [-0.15, -0.1) is 0 Å². The number of hydrogen-bond acceptors (Lipinski definition) is 5. The minimum atomic E-state index is -1.47. The van der Waals surface area contributed by atoms with Gasteiger partial charge in [0.05, 0.1) is 5.52 Å². The monoisotopic (exact) mass is 377 g/mol. The highest BCUT2D eigenvalue weighted by Gasteiger charge is 2.43. The number of carboxylic acid groups (broad SMARTS) is 1. The Kier molecular flexibility index (Phi) is 4.54. The van der Waals surface area contributed by atoms with Crippen molar-refractivity contribution in [2.24, 2.45) is 10.9 Å². The van der Waals surface area contributed by atoms with Gasteiger partial charge in [0.25, 0.3) is 5.91 Å². The van der Waals surface area contributed by atoms with Gasteiger partial charge in [-0.2, -0.15) is 0 Å². The first-order valence-corrected chi connectivity index (χ1v) is 8.16. The van der Waals surface area contributed by atoms with Crippen LogP contribution in [0.15, 0.2) is 23.2 Å². The molecule has 1 aromatic carbocycles. The predicted molar refractivity (Wildman–Crippen MR) is 93.2 cm³/mol. The molecule has 1 aliphatic heterocycles. The molecular formula is C18H17F2N3O4. The van der Waals surface area contributed by atoms with Crippen molar-refractivity contribution in [1.82, 2.24) is 10.3 Å². The molecule has 2 N–H and O–H groups in total. The molecule has 0 aliphatic carbocycles. The van der Waals surface area contributed by atoms with Crippen LogP contribution in [-0.2, 0) is 4.79 Å². The van der Waals surface area contributed by atoms with Crippen molar-refractivity contribution in [3.05, 3.63) is 35.3 Å². The first-order chi connectivity index (χ1) is 12.7. The zero-order valence-corrected chi connectivity index (χ0v) is 14.8. The zero-order valence-electron chi connectivity index (χ0n) is 14.8. The van der Waals surface area contributed by atoms with Gasteiger partial charge in [0.2, 0.25) is 6.86 Å². The van der Waals surface area contributed by atoms with Gasteiger partial charge in [-0.1, -0.05) is 13.8 Å². The number of pyridine rings is 1. The molecule has 0 bridgehead atoms. The van der Waals surface area contributed by atoms with Crippen molar-refractivity contribution in [2.45, 2.75) is 26.3 Å². The number of amidine groups is 1. The topological polar surface area (TPSA) is 101 Å². The van der Waals surface area contributed by atoms with Gasteiger partial charge in [-0.25, -0.2) is 23.6 Å². The van der Waals surface area contributed by atoms with E-state index in [4.69, 9.17) is 4.74 Å². The predicted octanol–water partition coefficient (Wildman–Crippen LogP) is 2.67. The maximum absolute atomic E-state index is 13.6. The summed E-state index contributed by atoms with van der Waals surface area (Å²) in [6.07, 6.45) is 0. The fourth-order valence-corrected chi connectivity index (χ4v) is 2.83. The van der Waals surface area contributed by atoms with Gasteiger partial charge in [0, 0.05) is 5.39 Å². The summed E-state index contributed by atoms with van der Waals surface area (Å²) in [5.74, 6) is -3.13. The number of halogens is 2. The van der Waals surface area contributed by atoms with Gasteiger partial charge in [0.15, 0.2) is 5.84 Å². The van der Waals surface area contributed by atoms with Gasteiger partial charge in [0.1, 0.15) is 28.4 Å². The average Bonchev–Trinajstić information content (AvgIpc) is 2.91. The van der Waals surface area contributed by atoms with Gasteiger partial charge in [-0.3, -0.25) is 4.79 Å². The number of alkyl halides is 1. The highest BCUT2D eigenvalue weighted by Crippen LogP contribution is 2.34. The van der Waals surface area contributed by atoms with Crippen molar-refractivity contribution in [3.63, 3.8) is 0 Å². The molecule has 1 amide bonds. The lowest BCUT2D eigenvalue weighted by Gasteiger charge is -2.21. The number of aromatic carboxylic acids is 1. The molecule has 1 atom stereocenters. The van der Waals surface area contributed by atoms with Gasteiger partial charge < -0.3 is 15.2 Å². The molecule has 0 spiro atoms. The Morgan fingerprint density at radius 2 is 2.11 bits per heavy atom. The third-order valence-electron chi connectivity index (χ3n) is 4.70. The van der Waals surface area contributed by atoms with Gasteiger partial charge >= 0.3 is 5.97 Å². The molecule has 0 fully saturated rings. The van der Waals surface area contributed by atoms with Crippen LogP contribution in [0.1, 0.15) is 36.8 Å². The highest BCUT2D eigenvalue weighted by molar-refractivity contribution is 6.19. The SMILES string of the molecule is CC(C)C1(C)N=C(c2nc3ccc(F)cc3c(OCF)c2C(=O)O)NC1=O. The minimum absolute atomic E-state index is 0.00495. The fraction of sp³-hybridized carbons (Fsp3) is 0.333. The number of amides is 1. The Bertz CT molecular complexity index is 990. The number of aromatic nitrogens is 1. The lowest BCUT2D eigenvalue weighted by molar-refractivity contribution is -0.124. The van der Waals surface area contributed by atoms with Crippen LogP contribution in [0.5, 0.6) is 5.75 Å². The molecule has 1 aromatic heterocycles. The summed E-state index contributed by atoms with van der Waals surface area (Å²) in [6, 6.07) is 3.45. The van der Waals surface area contributed by atoms with Crippen LogP contribution in [0.3, 0.4) is 0 Å². The minimum Gasteiger partial charge on any atom is -0.477 e. The molecule has 7 nitrogen and oxygen atoms in total. The van der Waals surface area contributed by atoms with Crippen molar-refractivity contribution in [3.8, 4) is 5.75 Å². The molecule has 0 radical (unpaired) electrons. The highest BCUT2D eigenvalue weighted by atomic mass is 19.1. The Balaban J connectivity index is 2.34. The van der Waals surface area contributed by atoms with Crippen molar-refractivity contribution in [1.29, 1.82) is 0 Å². The number of carboxylic acids is 1. The number of rotatable bonds is 5. The molecule has 27 heavy (non-hydrogen) atoms. The number of fused-ring (bicyclic) bond motifs is 1. The van der Waals surface area contributed by atoms with E-state index in [1.54, 1.807) is 20.8 Å². The molecule has 2 heterocycles. The molecule has 1 unspecified atom stereocenters. The van der Waals surface area contributed by atoms with Crippen LogP contribution < -0.4 is 10.1 Å². The summed E-state index contributed by atoms with van der Waals surface area (Å²) in [5.41, 5.74) is -1.61. The lowest BCUT2D eigenvalue weighted by Crippen LogP contribution is -2.41.